The third-order valence-corrected chi connectivity index (χ3v) is 9.91. The van der Waals surface area contributed by atoms with Crippen LogP contribution in [-0.2, 0) is 28.9 Å². The quantitative estimate of drug-likeness (QED) is 0.165. The molecular formula is C29H31BrN4O5S2. The molecule has 0 radical (unpaired) electrons. The molecule has 41 heavy (non-hydrogen) atoms. The van der Waals surface area contributed by atoms with Crippen LogP contribution in [0.2, 0.25) is 0 Å². The van der Waals surface area contributed by atoms with Crippen LogP contribution in [0, 0.1) is 0 Å². The first-order valence-corrected chi connectivity index (χ1v) is 16.1. The maximum absolute atomic E-state index is 13.4. The van der Waals surface area contributed by atoms with E-state index in [2.05, 4.69) is 20.9 Å². The molecule has 1 saturated heterocycles. The van der Waals surface area contributed by atoms with Crippen LogP contribution in [0.4, 0.5) is 0 Å². The fourth-order valence-corrected chi connectivity index (χ4v) is 7.74. The van der Waals surface area contributed by atoms with E-state index in [-0.39, 0.29) is 23.6 Å². The molecule has 1 atom stereocenters. The minimum absolute atomic E-state index is 0.0345. The Labute approximate surface area is 255 Å². The summed E-state index contributed by atoms with van der Waals surface area (Å²) in [4.78, 5) is 32.1. The minimum atomic E-state index is -0.423. The summed E-state index contributed by atoms with van der Waals surface area (Å²) in [6.07, 6.45) is 5.16. The van der Waals surface area contributed by atoms with Gasteiger partial charge in [-0.05, 0) is 46.6 Å². The third kappa shape index (κ3) is 5.96. The number of amides is 1. The van der Waals surface area contributed by atoms with E-state index in [0.717, 1.165) is 22.5 Å². The molecule has 5 rings (SSSR count). The molecule has 9 nitrogen and oxygen atoms in total. The van der Waals surface area contributed by atoms with Crippen molar-refractivity contribution in [1.82, 2.24) is 19.0 Å². The Bertz CT molecular complexity index is 1560. The van der Waals surface area contributed by atoms with Crippen molar-refractivity contribution in [1.29, 1.82) is 0 Å². The van der Waals surface area contributed by atoms with E-state index < -0.39 is 5.97 Å². The first-order chi connectivity index (χ1) is 19.8. The van der Waals surface area contributed by atoms with Crippen LogP contribution in [0.1, 0.15) is 39.5 Å². The highest BCUT2D eigenvalue weighted by Gasteiger charge is 2.33. The lowest BCUT2D eigenvalue weighted by Crippen LogP contribution is -2.30. The molecular weight excluding hydrogens is 628 g/mol. The molecule has 216 valence electrons. The molecule has 0 bridgehead atoms. The standard InChI is InChI=1S/C29H31BrN4O5S2/c1-4-39-29(37)26-23(32(2)22-13-21(30)27(36)20(25(22)26)14-33-10-9-31-17-33)15-40-12-11-34-24(35)16-41-28(34)18-5-7-19(38-3)8-6-18/h5-10,13,17,28,36H,4,11-12,14-16H2,1-3H3. The molecule has 2 aromatic heterocycles. The van der Waals surface area contributed by atoms with Crippen molar-refractivity contribution in [2.75, 3.05) is 31.8 Å². The second kappa shape index (κ2) is 12.8. The van der Waals surface area contributed by atoms with Crippen LogP contribution in [0.15, 0.2) is 53.5 Å². The number of imidazole rings is 1. The number of carbonyl (C=O) groups excluding carboxylic acids is 2. The molecule has 0 aliphatic carbocycles. The molecule has 12 heteroatoms. The highest BCUT2D eigenvalue weighted by molar-refractivity contribution is 9.10. The van der Waals surface area contributed by atoms with E-state index in [0.29, 0.717) is 51.3 Å². The van der Waals surface area contributed by atoms with E-state index in [1.165, 1.54) is 0 Å². The molecule has 0 spiro atoms. The fraction of sp³-hybridized carbons (Fsp3) is 0.345. The van der Waals surface area contributed by atoms with Crippen molar-refractivity contribution in [2.24, 2.45) is 7.05 Å². The number of benzene rings is 2. The maximum Gasteiger partial charge on any atom is 0.340 e. The normalized spacial score (nSPS) is 15.2. The van der Waals surface area contributed by atoms with Crippen molar-refractivity contribution in [2.45, 2.75) is 24.6 Å². The summed E-state index contributed by atoms with van der Waals surface area (Å²) in [6, 6.07) is 9.68. The maximum atomic E-state index is 13.4. The lowest BCUT2D eigenvalue weighted by atomic mass is 10.0. The average Bonchev–Trinajstić information content (AvgIpc) is 3.68. The highest BCUT2D eigenvalue weighted by Crippen LogP contribution is 2.41. The number of phenolic OH excluding ortho intramolecular Hbond substituents is 1. The number of aromatic nitrogens is 3. The smallest absolute Gasteiger partial charge is 0.340 e. The molecule has 0 saturated carbocycles. The zero-order valence-corrected chi connectivity index (χ0v) is 26.2. The van der Waals surface area contributed by atoms with E-state index >= 15 is 0 Å². The van der Waals surface area contributed by atoms with E-state index in [4.69, 9.17) is 9.47 Å². The SMILES string of the molecule is CCOC(=O)c1c(CSCCN2C(=O)CSC2c2ccc(OC)cc2)n(C)c2cc(Br)c(O)c(Cn3ccnc3)c12. The number of halogens is 1. The molecule has 1 amide bonds. The monoisotopic (exact) mass is 658 g/mol. The Morgan fingerprint density at radius 3 is 2.76 bits per heavy atom. The van der Waals surface area contributed by atoms with Gasteiger partial charge in [-0.2, -0.15) is 11.8 Å². The number of rotatable bonds is 11. The number of hydrogen-bond donors (Lipinski definition) is 1. The van der Waals surface area contributed by atoms with Crippen LogP contribution in [0.5, 0.6) is 11.5 Å². The second-order valence-electron chi connectivity index (χ2n) is 9.49. The lowest BCUT2D eigenvalue weighted by molar-refractivity contribution is -0.127. The summed E-state index contributed by atoms with van der Waals surface area (Å²) in [6.45, 7) is 2.95. The van der Waals surface area contributed by atoms with Crippen molar-refractivity contribution in [3.05, 3.63) is 75.9 Å². The zero-order chi connectivity index (χ0) is 29.1. The largest absolute Gasteiger partial charge is 0.506 e. The second-order valence-corrected chi connectivity index (χ2v) is 12.5. The van der Waals surface area contributed by atoms with Gasteiger partial charge in [-0.15, -0.1) is 11.8 Å². The van der Waals surface area contributed by atoms with E-state index in [1.807, 2.05) is 57.6 Å². The summed E-state index contributed by atoms with van der Waals surface area (Å²) >= 11 is 6.78. The first-order valence-electron chi connectivity index (χ1n) is 13.1. The molecule has 1 N–H and O–H groups in total. The summed E-state index contributed by atoms with van der Waals surface area (Å²) in [5.41, 5.74) is 3.76. The Morgan fingerprint density at radius 2 is 2.07 bits per heavy atom. The zero-order valence-electron chi connectivity index (χ0n) is 23.0. The Kier molecular flexibility index (Phi) is 9.20. The van der Waals surface area contributed by atoms with Crippen LogP contribution >= 0.6 is 39.5 Å². The van der Waals surface area contributed by atoms with Crippen molar-refractivity contribution in [3.8, 4) is 11.5 Å². The van der Waals surface area contributed by atoms with Crippen LogP contribution in [0.25, 0.3) is 10.9 Å². The van der Waals surface area contributed by atoms with Gasteiger partial charge in [-0.3, -0.25) is 4.79 Å². The number of methoxy groups -OCH3 is 1. The van der Waals surface area contributed by atoms with Gasteiger partial charge in [0.05, 0.1) is 47.9 Å². The highest BCUT2D eigenvalue weighted by atomic mass is 79.9. The van der Waals surface area contributed by atoms with Crippen LogP contribution in [-0.4, -0.2) is 67.8 Å². The van der Waals surface area contributed by atoms with Crippen molar-refractivity contribution in [3.63, 3.8) is 0 Å². The van der Waals surface area contributed by atoms with Gasteiger partial charge in [0.15, 0.2) is 0 Å². The summed E-state index contributed by atoms with van der Waals surface area (Å²) in [5, 5.41) is 11.7. The number of aromatic hydroxyl groups is 1. The number of hydrogen-bond acceptors (Lipinski definition) is 8. The van der Waals surface area contributed by atoms with Crippen molar-refractivity contribution >= 4 is 62.2 Å². The molecule has 1 aliphatic heterocycles. The lowest BCUT2D eigenvalue weighted by Gasteiger charge is -2.24. The van der Waals surface area contributed by atoms with Gasteiger partial charge in [-0.25, -0.2) is 9.78 Å². The van der Waals surface area contributed by atoms with Crippen LogP contribution < -0.4 is 4.74 Å². The van der Waals surface area contributed by atoms with E-state index in [1.54, 1.807) is 50.1 Å². The van der Waals surface area contributed by atoms with Gasteiger partial charge in [0, 0.05) is 54.1 Å². The molecule has 2 aromatic carbocycles. The number of phenols is 1. The Balaban J connectivity index is 1.40. The number of carbonyl (C=O) groups is 2. The molecule has 1 aliphatic rings. The van der Waals surface area contributed by atoms with Crippen molar-refractivity contribution < 1.29 is 24.2 Å². The summed E-state index contributed by atoms with van der Waals surface area (Å²) in [7, 11) is 3.56. The van der Waals surface area contributed by atoms with Gasteiger partial charge >= 0.3 is 5.97 Å². The van der Waals surface area contributed by atoms with Gasteiger partial charge in [0.1, 0.15) is 16.9 Å². The summed E-state index contributed by atoms with van der Waals surface area (Å²) < 4.78 is 15.2. The van der Waals surface area contributed by atoms with Gasteiger partial charge in [0.2, 0.25) is 5.91 Å². The third-order valence-electron chi connectivity index (χ3n) is 7.10. The fourth-order valence-electron chi connectivity index (χ4n) is 5.06. The predicted octanol–water partition coefficient (Wildman–Crippen LogP) is 5.58. The minimum Gasteiger partial charge on any atom is -0.506 e. The average molecular weight is 660 g/mol. The van der Waals surface area contributed by atoms with Gasteiger partial charge < -0.3 is 28.6 Å². The van der Waals surface area contributed by atoms with Gasteiger partial charge in [-0.1, -0.05) is 12.1 Å². The number of ether oxygens (including phenoxy) is 2. The Hall–Kier alpha value is -3.09. The van der Waals surface area contributed by atoms with Crippen LogP contribution in [0.3, 0.4) is 0 Å². The Morgan fingerprint density at radius 1 is 1.29 bits per heavy atom. The number of nitrogens with zero attached hydrogens (tertiary/aromatic N) is 4. The molecule has 1 fully saturated rings. The molecule has 1 unspecified atom stereocenters. The summed E-state index contributed by atoms with van der Waals surface area (Å²) in [5.74, 6) is 2.24. The molecule has 4 aromatic rings. The first kappa shape index (κ1) is 29.4. The molecule has 3 heterocycles. The van der Waals surface area contributed by atoms with Gasteiger partial charge in [0.25, 0.3) is 0 Å². The number of aryl methyl sites for hydroxylation is 1. The topological polar surface area (TPSA) is 98.8 Å². The number of thioether (sulfide) groups is 2. The number of esters is 1. The predicted molar refractivity (Wildman–Crippen MR) is 166 cm³/mol. The number of fused-ring (bicyclic) bond motifs is 1. The van der Waals surface area contributed by atoms with E-state index in [9.17, 15) is 14.7 Å².